The summed E-state index contributed by atoms with van der Waals surface area (Å²) in [5.41, 5.74) is 1.09. The van der Waals surface area contributed by atoms with Gasteiger partial charge < -0.3 is 10.6 Å². The van der Waals surface area contributed by atoms with Gasteiger partial charge in [0.1, 0.15) is 11.9 Å². The molecular formula is C16H16F3N2O+. The predicted octanol–water partition coefficient (Wildman–Crippen LogP) is 2.37. The summed E-state index contributed by atoms with van der Waals surface area (Å²) in [5.74, 6) is -2.45. The maximum Gasteiger partial charge on any atom is 0.279 e. The van der Waals surface area contributed by atoms with E-state index in [2.05, 4.69) is 5.32 Å². The smallest absolute Gasteiger partial charge is 0.279 e. The van der Waals surface area contributed by atoms with E-state index in [1.165, 1.54) is 30.3 Å². The summed E-state index contributed by atoms with van der Waals surface area (Å²) in [6, 6.07) is 8.90. The van der Waals surface area contributed by atoms with Crippen molar-refractivity contribution >= 4 is 11.6 Å². The number of amides is 1. The summed E-state index contributed by atoms with van der Waals surface area (Å²) >= 11 is 0. The standard InChI is InChI=1S/C16H15F3N2O/c1-10(11-2-7-14(18)15(19)8-11)20-9-16(22)21-13-5-3-12(17)4-6-13/h2-8,10,20H,9H2,1H3,(H,21,22)/p+1/t10-/m0/s1. The molecule has 2 aromatic carbocycles. The molecule has 2 rings (SSSR count). The predicted molar refractivity (Wildman–Crippen MR) is 76.6 cm³/mol. The van der Waals surface area contributed by atoms with Crippen molar-refractivity contribution in [3.8, 4) is 0 Å². The van der Waals surface area contributed by atoms with Gasteiger partial charge in [0.15, 0.2) is 18.2 Å². The molecule has 0 unspecified atom stereocenters. The first-order valence-electron chi connectivity index (χ1n) is 6.79. The van der Waals surface area contributed by atoms with Crippen LogP contribution in [0.4, 0.5) is 18.9 Å². The molecule has 3 nitrogen and oxygen atoms in total. The Kier molecular flexibility index (Phi) is 5.16. The first-order valence-corrected chi connectivity index (χ1v) is 6.79. The topological polar surface area (TPSA) is 45.7 Å². The number of rotatable bonds is 5. The molecule has 0 spiro atoms. The summed E-state index contributed by atoms with van der Waals surface area (Å²) in [7, 11) is 0. The zero-order valence-electron chi connectivity index (χ0n) is 11.9. The molecule has 0 aromatic heterocycles. The van der Waals surface area contributed by atoms with Gasteiger partial charge in [-0.2, -0.15) is 0 Å². The molecular weight excluding hydrogens is 293 g/mol. The van der Waals surface area contributed by atoms with Gasteiger partial charge in [0, 0.05) is 11.3 Å². The first kappa shape index (κ1) is 16.0. The van der Waals surface area contributed by atoms with Gasteiger partial charge in [-0.25, -0.2) is 13.2 Å². The summed E-state index contributed by atoms with van der Waals surface area (Å²) in [5, 5.41) is 4.33. The van der Waals surface area contributed by atoms with E-state index < -0.39 is 11.6 Å². The average Bonchev–Trinajstić information content (AvgIpc) is 2.50. The van der Waals surface area contributed by atoms with Crippen molar-refractivity contribution in [2.75, 3.05) is 11.9 Å². The molecule has 0 bridgehead atoms. The van der Waals surface area contributed by atoms with Gasteiger partial charge in [0.25, 0.3) is 5.91 Å². The fraction of sp³-hybridized carbons (Fsp3) is 0.188. The third-order valence-corrected chi connectivity index (χ3v) is 3.25. The van der Waals surface area contributed by atoms with Crippen molar-refractivity contribution in [1.82, 2.24) is 0 Å². The summed E-state index contributed by atoms with van der Waals surface area (Å²) in [6.45, 7) is 1.90. The number of carbonyl (C=O) groups is 1. The van der Waals surface area contributed by atoms with E-state index in [9.17, 15) is 18.0 Å². The van der Waals surface area contributed by atoms with Crippen molar-refractivity contribution in [2.45, 2.75) is 13.0 Å². The number of hydrogen-bond acceptors (Lipinski definition) is 1. The highest BCUT2D eigenvalue weighted by molar-refractivity contribution is 5.91. The molecule has 0 aliphatic rings. The van der Waals surface area contributed by atoms with Crippen LogP contribution in [-0.2, 0) is 4.79 Å². The summed E-state index contributed by atoms with van der Waals surface area (Å²) in [4.78, 5) is 11.8. The number of benzene rings is 2. The van der Waals surface area contributed by atoms with E-state index in [1.54, 1.807) is 12.2 Å². The Balaban J connectivity index is 1.87. The molecule has 0 saturated carbocycles. The molecule has 0 saturated heterocycles. The van der Waals surface area contributed by atoms with Gasteiger partial charge in [0.05, 0.1) is 0 Å². The second-order valence-electron chi connectivity index (χ2n) is 4.96. The maximum absolute atomic E-state index is 13.2. The fourth-order valence-corrected chi connectivity index (χ4v) is 1.96. The minimum atomic E-state index is -0.909. The molecule has 0 aliphatic heterocycles. The molecule has 22 heavy (non-hydrogen) atoms. The van der Waals surface area contributed by atoms with Crippen LogP contribution in [0.1, 0.15) is 18.5 Å². The van der Waals surface area contributed by atoms with Gasteiger partial charge in [-0.1, -0.05) is 0 Å². The normalized spacial score (nSPS) is 12.0. The highest BCUT2D eigenvalue weighted by Gasteiger charge is 2.13. The number of anilines is 1. The number of nitrogens with two attached hydrogens (primary N) is 1. The molecule has 1 atom stereocenters. The fourth-order valence-electron chi connectivity index (χ4n) is 1.96. The third-order valence-electron chi connectivity index (χ3n) is 3.25. The van der Waals surface area contributed by atoms with Gasteiger partial charge in [-0.3, -0.25) is 4.79 Å². The van der Waals surface area contributed by atoms with Crippen LogP contribution in [0.15, 0.2) is 42.5 Å². The van der Waals surface area contributed by atoms with Crippen molar-refractivity contribution in [3.05, 3.63) is 65.5 Å². The average molecular weight is 309 g/mol. The van der Waals surface area contributed by atoms with E-state index >= 15 is 0 Å². The Hall–Kier alpha value is -2.34. The molecule has 1 amide bonds. The molecule has 0 radical (unpaired) electrons. The van der Waals surface area contributed by atoms with Crippen LogP contribution in [0.5, 0.6) is 0 Å². The number of carbonyl (C=O) groups excluding carboxylic acids is 1. The lowest BCUT2D eigenvalue weighted by atomic mass is 10.1. The lowest BCUT2D eigenvalue weighted by Gasteiger charge is -2.11. The van der Waals surface area contributed by atoms with Crippen molar-refractivity contribution in [3.63, 3.8) is 0 Å². The van der Waals surface area contributed by atoms with Crippen LogP contribution >= 0.6 is 0 Å². The highest BCUT2D eigenvalue weighted by atomic mass is 19.2. The number of quaternary nitrogens is 1. The molecule has 0 aliphatic carbocycles. The molecule has 6 heteroatoms. The SMILES string of the molecule is C[C@H]([NH2+]CC(=O)Nc1ccc(F)cc1)c1ccc(F)c(F)c1. The second kappa shape index (κ2) is 7.09. The number of nitrogens with one attached hydrogen (secondary N) is 1. The molecule has 0 heterocycles. The Morgan fingerprint density at radius 1 is 1.09 bits per heavy atom. The minimum Gasteiger partial charge on any atom is -0.333 e. The molecule has 0 fully saturated rings. The zero-order chi connectivity index (χ0) is 16.1. The van der Waals surface area contributed by atoms with Crippen LogP contribution in [0.3, 0.4) is 0 Å². The van der Waals surface area contributed by atoms with Gasteiger partial charge in [-0.05, 0) is 49.4 Å². The van der Waals surface area contributed by atoms with E-state index in [-0.39, 0.29) is 24.3 Å². The minimum absolute atomic E-state index is 0.109. The Labute approximate surface area is 126 Å². The molecule has 3 N–H and O–H groups in total. The van der Waals surface area contributed by atoms with Gasteiger partial charge in [-0.15, -0.1) is 0 Å². The zero-order valence-corrected chi connectivity index (χ0v) is 11.9. The summed E-state index contributed by atoms with van der Waals surface area (Å²) in [6.07, 6.45) is 0. The number of hydrogen-bond donors (Lipinski definition) is 2. The van der Waals surface area contributed by atoms with Crippen LogP contribution in [0.2, 0.25) is 0 Å². The highest BCUT2D eigenvalue weighted by Crippen LogP contribution is 2.13. The summed E-state index contributed by atoms with van der Waals surface area (Å²) < 4.78 is 38.8. The maximum atomic E-state index is 13.2. The second-order valence-corrected chi connectivity index (χ2v) is 4.96. The van der Waals surface area contributed by atoms with Crippen molar-refractivity contribution in [1.29, 1.82) is 0 Å². The molecule has 116 valence electrons. The first-order chi connectivity index (χ1) is 10.5. The van der Waals surface area contributed by atoms with Crippen LogP contribution in [0, 0.1) is 17.5 Å². The third kappa shape index (κ3) is 4.33. The van der Waals surface area contributed by atoms with Crippen LogP contribution < -0.4 is 10.6 Å². The number of halogens is 3. The van der Waals surface area contributed by atoms with E-state index in [0.29, 0.717) is 11.3 Å². The van der Waals surface area contributed by atoms with Crippen LogP contribution in [-0.4, -0.2) is 12.5 Å². The van der Waals surface area contributed by atoms with Crippen molar-refractivity contribution in [2.24, 2.45) is 0 Å². The van der Waals surface area contributed by atoms with Gasteiger partial charge >= 0.3 is 0 Å². The Morgan fingerprint density at radius 2 is 1.77 bits per heavy atom. The largest absolute Gasteiger partial charge is 0.333 e. The quantitative estimate of drug-likeness (QED) is 0.875. The van der Waals surface area contributed by atoms with E-state index in [0.717, 1.165) is 12.1 Å². The molecule has 2 aromatic rings. The Morgan fingerprint density at radius 3 is 2.41 bits per heavy atom. The monoisotopic (exact) mass is 309 g/mol. The lowest BCUT2D eigenvalue weighted by molar-refractivity contribution is -0.682. The van der Waals surface area contributed by atoms with Crippen LogP contribution in [0.25, 0.3) is 0 Å². The van der Waals surface area contributed by atoms with E-state index in [4.69, 9.17) is 0 Å². The van der Waals surface area contributed by atoms with Crippen molar-refractivity contribution < 1.29 is 23.3 Å². The van der Waals surface area contributed by atoms with E-state index in [1.807, 2.05) is 0 Å². The lowest BCUT2D eigenvalue weighted by Crippen LogP contribution is -2.86. The Bertz CT molecular complexity index is 659. The van der Waals surface area contributed by atoms with Gasteiger partial charge in [0.2, 0.25) is 0 Å².